The lowest BCUT2D eigenvalue weighted by molar-refractivity contribution is -0.136. The van der Waals surface area contributed by atoms with Gasteiger partial charge in [0.05, 0.1) is 17.2 Å². The van der Waals surface area contributed by atoms with Crippen LogP contribution in [0, 0.1) is 0 Å². The van der Waals surface area contributed by atoms with Crippen molar-refractivity contribution < 1.29 is 18.3 Å². The van der Waals surface area contributed by atoms with Gasteiger partial charge >= 0.3 is 6.18 Å². The van der Waals surface area contributed by atoms with Gasteiger partial charge in [-0.15, -0.1) is 0 Å². The maximum absolute atomic E-state index is 13.4. The topological polar surface area (TPSA) is 60.9 Å². The maximum atomic E-state index is 13.4. The molecule has 2 atom stereocenters. The van der Waals surface area contributed by atoms with Gasteiger partial charge in [0.15, 0.2) is 0 Å². The summed E-state index contributed by atoms with van der Waals surface area (Å²) in [6, 6.07) is 2.81. The van der Waals surface area contributed by atoms with Crippen molar-refractivity contribution in [3.8, 4) is 0 Å². The lowest BCUT2D eigenvalue weighted by atomic mass is 10.1. The molecule has 3 N–H and O–H groups in total. The molecular formula is C17H22F3N3O. The Labute approximate surface area is 138 Å². The van der Waals surface area contributed by atoms with Crippen LogP contribution in [0.5, 0.6) is 0 Å². The normalized spacial score (nSPS) is 22.0. The van der Waals surface area contributed by atoms with Crippen LogP contribution < -0.4 is 5.32 Å². The van der Waals surface area contributed by atoms with Crippen LogP contribution in [-0.4, -0.2) is 27.2 Å². The number of aliphatic hydroxyl groups excluding tert-OH is 1. The van der Waals surface area contributed by atoms with Crippen molar-refractivity contribution in [2.75, 3.05) is 0 Å². The molecule has 0 saturated heterocycles. The Balaban J connectivity index is 1.93. The molecule has 0 radical (unpaired) electrons. The maximum Gasteiger partial charge on any atom is 0.418 e. The van der Waals surface area contributed by atoms with Crippen molar-refractivity contribution in [1.29, 1.82) is 0 Å². The Bertz CT molecular complexity index is 724. The Morgan fingerprint density at radius 2 is 2.08 bits per heavy atom. The standard InChI is InChI=1S/C17H22F3N3O/c1-9(2)16-22-13-7-10(8-21-12-4-3-5-14(12)24)6-11(15(13)23-16)17(18,19)20/h6-7,9,12,14,21,24H,3-5,8H2,1-2H3,(H,22,23). The second-order valence-corrected chi connectivity index (χ2v) is 6.80. The van der Waals surface area contributed by atoms with E-state index in [0.29, 0.717) is 16.9 Å². The Kier molecular flexibility index (Phi) is 4.57. The van der Waals surface area contributed by atoms with Gasteiger partial charge in [-0.1, -0.05) is 13.8 Å². The van der Waals surface area contributed by atoms with Crippen molar-refractivity contribution in [2.45, 2.75) is 63.9 Å². The summed E-state index contributed by atoms with van der Waals surface area (Å²) in [6.07, 6.45) is -2.36. The predicted octanol–water partition coefficient (Wildman–Crippen LogP) is 3.71. The zero-order chi connectivity index (χ0) is 17.5. The van der Waals surface area contributed by atoms with Crippen LogP contribution in [0.3, 0.4) is 0 Å². The number of imidazole rings is 1. The fourth-order valence-corrected chi connectivity index (χ4v) is 3.22. The van der Waals surface area contributed by atoms with E-state index in [1.807, 2.05) is 13.8 Å². The minimum atomic E-state index is -4.45. The molecule has 4 nitrogen and oxygen atoms in total. The number of halogens is 3. The number of rotatable bonds is 4. The zero-order valence-electron chi connectivity index (χ0n) is 13.7. The summed E-state index contributed by atoms with van der Waals surface area (Å²) in [4.78, 5) is 7.13. The number of nitrogens with zero attached hydrogens (tertiary/aromatic N) is 1. The van der Waals surface area contributed by atoms with Gasteiger partial charge in [0.2, 0.25) is 0 Å². The van der Waals surface area contributed by atoms with E-state index in [1.54, 1.807) is 6.07 Å². The molecule has 1 saturated carbocycles. The van der Waals surface area contributed by atoms with Gasteiger partial charge in [0, 0.05) is 18.5 Å². The van der Waals surface area contributed by atoms with Crippen LogP contribution >= 0.6 is 0 Å². The Morgan fingerprint density at radius 3 is 2.67 bits per heavy atom. The molecule has 1 aliphatic carbocycles. The molecule has 1 aromatic heterocycles. The quantitative estimate of drug-likeness (QED) is 0.794. The molecule has 7 heteroatoms. The molecule has 0 bridgehead atoms. The van der Waals surface area contributed by atoms with Gasteiger partial charge in [0.25, 0.3) is 0 Å². The average Bonchev–Trinajstić information content (AvgIpc) is 3.09. The summed E-state index contributed by atoms with van der Waals surface area (Å²) in [6.45, 7) is 4.06. The smallest absolute Gasteiger partial charge is 0.392 e. The molecule has 1 heterocycles. The van der Waals surface area contributed by atoms with Crippen LogP contribution in [0.15, 0.2) is 12.1 Å². The van der Waals surface area contributed by atoms with E-state index in [4.69, 9.17) is 0 Å². The minimum Gasteiger partial charge on any atom is -0.392 e. The Hall–Kier alpha value is -1.60. The third kappa shape index (κ3) is 3.42. The number of aliphatic hydroxyl groups is 1. The molecule has 24 heavy (non-hydrogen) atoms. The third-order valence-corrected chi connectivity index (χ3v) is 4.56. The van der Waals surface area contributed by atoms with E-state index < -0.39 is 17.8 Å². The lowest BCUT2D eigenvalue weighted by Crippen LogP contribution is -2.35. The SMILES string of the molecule is CC(C)c1nc2c(C(F)(F)F)cc(CNC3CCCC3O)cc2[nH]1. The van der Waals surface area contributed by atoms with Crippen molar-refractivity contribution in [3.63, 3.8) is 0 Å². The van der Waals surface area contributed by atoms with E-state index in [-0.39, 0.29) is 24.0 Å². The van der Waals surface area contributed by atoms with Crippen molar-refractivity contribution in [2.24, 2.45) is 0 Å². The summed E-state index contributed by atoms with van der Waals surface area (Å²) in [5.41, 5.74) is 0.188. The van der Waals surface area contributed by atoms with Gasteiger partial charge in [-0.05, 0) is 37.0 Å². The number of benzene rings is 1. The highest BCUT2D eigenvalue weighted by atomic mass is 19.4. The summed E-state index contributed by atoms with van der Waals surface area (Å²) < 4.78 is 40.2. The third-order valence-electron chi connectivity index (χ3n) is 4.56. The van der Waals surface area contributed by atoms with Crippen LogP contribution in [0.4, 0.5) is 13.2 Å². The largest absolute Gasteiger partial charge is 0.418 e. The van der Waals surface area contributed by atoms with Gasteiger partial charge in [0.1, 0.15) is 11.3 Å². The first-order chi connectivity index (χ1) is 11.3. The fraction of sp³-hybridized carbons (Fsp3) is 0.588. The van der Waals surface area contributed by atoms with Crippen molar-refractivity contribution in [1.82, 2.24) is 15.3 Å². The summed E-state index contributed by atoms with van der Waals surface area (Å²) in [5.74, 6) is 0.570. The number of fused-ring (bicyclic) bond motifs is 1. The number of aromatic nitrogens is 2. The molecule has 0 spiro atoms. The molecule has 2 unspecified atom stereocenters. The molecule has 0 amide bonds. The number of hydrogen-bond donors (Lipinski definition) is 3. The number of nitrogens with one attached hydrogen (secondary N) is 2. The molecule has 0 aliphatic heterocycles. The highest BCUT2D eigenvalue weighted by Crippen LogP contribution is 2.35. The van der Waals surface area contributed by atoms with E-state index >= 15 is 0 Å². The molecular weight excluding hydrogens is 319 g/mol. The highest BCUT2D eigenvalue weighted by Gasteiger charge is 2.34. The van der Waals surface area contributed by atoms with E-state index in [1.165, 1.54) is 0 Å². The van der Waals surface area contributed by atoms with E-state index in [0.717, 1.165) is 25.3 Å². The van der Waals surface area contributed by atoms with Crippen LogP contribution in [0.25, 0.3) is 11.0 Å². The summed E-state index contributed by atoms with van der Waals surface area (Å²) >= 11 is 0. The predicted molar refractivity (Wildman–Crippen MR) is 85.7 cm³/mol. The summed E-state index contributed by atoms with van der Waals surface area (Å²) in [7, 11) is 0. The van der Waals surface area contributed by atoms with Gasteiger partial charge in [-0.3, -0.25) is 0 Å². The zero-order valence-corrected chi connectivity index (χ0v) is 13.7. The Morgan fingerprint density at radius 1 is 1.33 bits per heavy atom. The first-order valence-electron chi connectivity index (χ1n) is 8.27. The molecule has 132 valence electrons. The molecule has 1 aromatic carbocycles. The molecule has 3 rings (SSSR count). The van der Waals surface area contributed by atoms with Crippen LogP contribution in [0.2, 0.25) is 0 Å². The van der Waals surface area contributed by atoms with Gasteiger partial charge < -0.3 is 15.4 Å². The fourth-order valence-electron chi connectivity index (χ4n) is 3.22. The monoisotopic (exact) mass is 341 g/mol. The average molecular weight is 341 g/mol. The van der Waals surface area contributed by atoms with Crippen LogP contribution in [-0.2, 0) is 12.7 Å². The van der Waals surface area contributed by atoms with Crippen molar-refractivity contribution >= 4 is 11.0 Å². The summed E-state index contributed by atoms with van der Waals surface area (Å²) in [5, 5.41) is 13.0. The lowest BCUT2D eigenvalue weighted by Gasteiger charge is -2.17. The number of hydrogen-bond acceptors (Lipinski definition) is 3. The first-order valence-corrected chi connectivity index (χ1v) is 8.27. The molecule has 2 aromatic rings. The van der Waals surface area contributed by atoms with E-state index in [2.05, 4.69) is 15.3 Å². The first kappa shape index (κ1) is 17.2. The van der Waals surface area contributed by atoms with Gasteiger partial charge in [-0.25, -0.2) is 4.98 Å². The van der Waals surface area contributed by atoms with Crippen LogP contribution in [0.1, 0.15) is 56.0 Å². The highest BCUT2D eigenvalue weighted by molar-refractivity contribution is 5.80. The second kappa shape index (κ2) is 6.37. The minimum absolute atomic E-state index is 0.0219. The van der Waals surface area contributed by atoms with Gasteiger partial charge in [-0.2, -0.15) is 13.2 Å². The van der Waals surface area contributed by atoms with E-state index in [9.17, 15) is 18.3 Å². The number of H-pyrrole nitrogens is 1. The molecule has 1 fully saturated rings. The molecule has 1 aliphatic rings. The number of aromatic amines is 1. The van der Waals surface area contributed by atoms with Crippen molar-refractivity contribution in [3.05, 3.63) is 29.1 Å². The number of alkyl halides is 3. The second-order valence-electron chi connectivity index (χ2n) is 6.80.